The van der Waals surface area contributed by atoms with Crippen molar-refractivity contribution in [1.29, 1.82) is 0 Å². The molecular weight excluding hydrogens is 232 g/mol. The van der Waals surface area contributed by atoms with Crippen molar-refractivity contribution in [2.24, 2.45) is 0 Å². The van der Waals surface area contributed by atoms with E-state index in [0.717, 1.165) is 6.42 Å². The van der Waals surface area contributed by atoms with E-state index in [0.29, 0.717) is 31.1 Å². The third kappa shape index (κ3) is 2.61. The molecule has 2 rings (SSSR count). The van der Waals surface area contributed by atoms with Crippen LogP contribution in [-0.2, 0) is 4.74 Å². The lowest BCUT2D eigenvalue weighted by molar-refractivity contribution is -0.0227. The molecule has 0 aliphatic carbocycles. The zero-order valence-electron chi connectivity index (χ0n) is 10.8. The van der Waals surface area contributed by atoms with Crippen LogP contribution < -0.4 is 4.74 Å². The van der Waals surface area contributed by atoms with Crippen LogP contribution in [0.2, 0.25) is 0 Å². The van der Waals surface area contributed by atoms with Crippen molar-refractivity contribution >= 4 is 5.91 Å². The molecule has 0 N–H and O–H groups in total. The van der Waals surface area contributed by atoms with Crippen LogP contribution in [0.5, 0.6) is 5.88 Å². The van der Waals surface area contributed by atoms with Crippen molar-refractivity contribution in [3.63, 3.8) is 0 Å². The molecule has 0 saturated carbocycles. The van der Waals surface area contributed by atoms with Gasteiger partial charge in [0.2, 0.25) is 5.88 Å². The second kappa shape index (κ2) is 5.82. The lowest BCUT2D eigenvalue weighted by Crippen LogP contribution is -2.45. The molecule has 98 valence electrons. The highest BCUT2D eigenvalue weighted by molar-refractivity contribution is 5.96. The van der Waals surface area contributed by atoms with Crippen LogP contribution in [0.3, 0.4) is 0 Å². The summed E-state index contributed by atoms with van der Waals surface area (Å²) < 4.78 is 10.7. The number of carbonyl (C=O) groups excluding carboxylic acids is 1. The van der Waals surface area contributed by atoms with Gasteiger partial charge in [0.05, 0.1) is 19.8 Å². The fourth-order valence-electron chi connectivity index (χ4n) is 2.04. The Labute approximate surface area is 107 Å². The smallest absolute Gasteiger partial charge is 0.259 e. The normalized spacial score (nSPS) is 19.7. The van der Waals surface area contributed by atoms with Crippen LogP contribution in [0.4, 0.5) is 0 Å². The van der Waals surface area contributed by atoms with Crippen molar-refractivity contribution in [2.75, 3.05) is 26.8 Å². The summed E-state index contributed by atoms with van der Waals surface area (Å²) in [5, 5.41) is 0. The predicted molar refractivity (Wildman–Crippen MR) is 66.7 cm³/mol. The molecule has 0 radical (unpaired) electrons. The molecule has 5 heteroatoms. The van der Waals surface area contributed by atoms with Crippen molar-refractivity contribution in [2.45, 2.75) is 19.4 Å². The van der Waals surface area contributed by atoms with Gasteiger partial charge in [-0.05, 0) is 18.6 Å². The standard InChI is InChI=1S/C13H18N2O3/c1-3-10-9-15(7-8-18-10)13(16)11-5-4-6-14-12(11)17-2/h4-6,10H,3,7-9H2,1-2H3/t10-/m1/s1. The van der Waals surface area contributed by atoms with Crippen molar-refractivity contribution in [1.82, 2.24) is 9.88 Å². The molecule has 1 saturated heterocycles. The monoisotopic (exact) mass is 250 g/mol. The molecule has 18 heavy (non-hydrogen) atoms. The quantitative estimate of drug-likeness (QED) is 0.812. The van der Waals surface area contributed by atoms with Gasteiger partial charge in [-0.2, -0.15) is 0 Å². The lowest BCUT2D eigenvalue weighted by Gasteiger charge is -2.32. The van der Waals surface area contributed by atoms with Crippen LogP contribution in [0.15, 0.2) is 18.3 Å². The van der Waals surface area contributed by atoms with Gasteiger partial charge in [-0.3, -0.25) is 4.79 Å². The van der Waals surface area contributed by atoms with E-state index < -0.39 is 0 Å². The Hall–Kier alpha value is -1.62. The van der Waals surface area contributed by atoms with E-state index in [-0.39, 0.29) is 12.0 Å². The Morgan fingerprint density at radius 3 is 3.22 bits per heavy atom. The van der Waals surface area contributed by atoms with Gasteiger partial charge in [-0.25, -0.2) is 4.98 Å². The Bertz CT molecular complexity index is 422. The molecule has 1 amide bonds. The average Bonchev–Trinajstić information content (AvgIpc) is 2.46. The number of hydrogen-bond acceptors (Lipinski definition) is 4. The maximum Gasteiger partial charge on any atom is 0.259 e. The fraction of sp³-hybridized carbons (Fsp3) is 0.538. The summed E-state index contributed by atoms with van der Waals surface area (Å²) in [6.45, 7) is 3.90. The Balaban J connectivity index is 2.15. The van der Waals surface area contributed by atoms with Crippen LogP contribution in [0.1, 0.15) is 23.7 Å². The van der Waals surface area contributed by atoms with E-state index in [2.05, 4.69) is 11.9 Å². The predicted octanol–water partition coefficient (Wildman–Crippen LogP) is 1.34. The summed E-state index contributed by atoms with van der Waals surface area (Å²) in [7, 11) is 1.52. The minimum absolute atomic E-state index is 0.0401. The van der Waals surface area contributed by atoms with E-state index >= 15 is 0 Å². The molecule has 1 aromatic rings. The van der Waals surface area contributed by atoms with E-state index in [1.807, 2.05) is 0 Å². The first kappa shape index (κ1) is 12.8. The summed E-state index contributed by atoms with van der Waals surface area (Å²) in [6, 6.07) is 3.48. The van der Waals surface area contributed by atoms with E-state index in [9.17, 15) is 4.79 Å². The van der Waals surface area contributed by atoms with Gasteiger partial charge in [0, 0.05) is 19.3 Å². The first-order chi connectivity index (χ1) is 8.76. The number of aromatic nitrogens is 1. The minimum atomic E-state index is -0.0401. The number of carbonyl (C=O) groups is 1. The molecule has 1 atom stereocenters. The molecule has 0 spiro atoms. The number of hydrogen-bond donors (Lipinski definition) is 0. The SMILES string of the molecule is CC[C@@H]1CN(C(=O)c2cccnc2OC)CCO1. The summed E-state index contributed by atoms with van der Waals surface area (Å²) in [4.78, 5) is 18.2. The Morgan fingerprint density at radius 2 is 2.50 bits per heavy atom. The zero-order chi connectivity index (χ0) is 13.0. The van der Waals surface area contributed by atoms with Crippen molar-refractivity contribution in [3.05, 3.63) is 23.9 Å². The summed E-state index contributed by atoms with van der Waals surface area (Å²) in [5.41, 5.74) is 0.511. The highest BCUT2D eigenvalue weighted by Gasteiger charge is 2.26. The zero-order valence-corrected chi connectivity index (χ0v) is 10.8. The molecule has 5 nitrogen and oxygen atoms in total. The van der Waals surface area contributed by atoms with Crippen LogP contribution in [0.25, 0.3) is 0 Å². The maximum absolute atomic E-state index is 12.4. The second-order valence-electron chi connectivity index (χ2n) is 4.21. The second-order valence-corrected chi connectivity index (χ2v) is 4.21. The summed E-state index contributed by atoms with van der Waals surface area (Å²) in [6.07, 6.45) is 2.66. The molecule has 0 bridgehead atoms. The molecule has 1 aromatic heterocycles. The molecule has 0 aromatic carbocycles. The fourth-order valence-corrected chi connectivity index (χ4v) is 2.04. The lowest BCUT2D eigenvalue weighted by atomic mass is 10.2. The number of rotatable bonds is 3. The van der Waals surface area contributed by atoms with E-state index in [1.54, 1.807) is 23.2 Å². The number of methoxy groups -OCH3 is 1. The highest BCUT2D eigenvalue weighted by Crippen LogP contribution is 2.18. The largest absolute Gasteiger partial charge is 0.480 e. The number of nitrogens with zero attached hydrogens (tertiary/aromatic N) is 2. The highest BCUT2D eigenvalue weighted by atomic mass is 16.5. The average molecular weight is 250 g/mol. The number of amides is 1. The third-order valence-electron chi connectivity index (χ3n) is 3.08. The van der Waals surface area contributed by atoms with Crippen molar-refractivity contribution in [3.8, 4) is 5.88 Å². The number of ether oxygens (including phenoxy) is 2. The Kier molecular flexibility index (Phi) is 4.15. The molecule has 1 aliphatic heterocycles. The van der Waals surface area contributed by atoms with Gasteiger partial charge in [0.25, 0.3) is 5.91 Å². The molecule has 1 fully saturated rings. The maximum atomic E-state index is 12.4. The first-order valence-electron chi connectivity index (χ1n) is 6.16. The van der Waals surface area contributed by atoms with Gasteiger partial charge in [-0.15, -0.1) is 0 Å². The number of morpholine rings is 1. The van der Waals surface area contributed by atoms with Gasteiger partial charge in [0.1, 0.15) is 5.56 Å². The minimum Gasteiger partial charge on any atom is -0.480 e. The van der Waals surface area contributed by atoms with Gasteiger partial charge < -0.3 is 14.4 Å². The van der Waals surface area contributed by atoms with Gasteiger partial charge in [0.15, 0.2) is 0 Å². The van der Waals surface area contributed by atoms with Crippen LogP contribution in [0, 0.1) is 0 Å². The summed E-state index contributed by atoms with van der Waals surface area (Å²) >= 11 is 0. The van der Waals surface area contributed by atoms with Gasteiger partial charge in [-0.1, -0.05) is 6.92 Å². The molecular formula is C13H18N2O3. The Morgan fingerprint density at radius 1 is 1.67 bits per heavy atom. The van der Waals surface area contributed by atoms with Gasteiger partial charge >= 0.3 is 0 Å². The molecule has 1 aliphatic rings. The molecule has 2 heterocycles. The van der Waals surface area contributed by atoms with E-state index in [1.165, 1.54) is 7.11 Å². The molecule has 0 unspecified atom stereocenters. The van der Waals surface area contributed by atoms with E-state index in [4.69, 9.17) is 9.47 Å². The third-order valence-corrected chi connectivity index (χ3v) is 3.08. The summed E-state index contributed by atoms with van der Waals surface area (Å²) in [5.74, 6) is 0.337. The number of pyridine rings is 1. The first-order valence-corrected chi connectivity index (χ1v) is 6.16. The topological polar surface area (TPSA) is 51.7 Å². The van der Waals surface area contributed by atoms with Crippen molar-refractivity contribution < 1.29 is 14.3 Å². The van der Waals surface area contributed by atoms with Crippen LogP contribution >= 0.6 is 0 Å². The van der Waals surface area contributed by atoms with Crippen LogP contribution in [-0.4, -0.2) is 48.7 Å².